The summed E-state index contributed by atoms with van der Waals surface area (Å²) in [6.07, 6.45) is -2.69. The van der Waals surface area contributed by atoms with E-state index in [0.717, 1.165) is 23.9 Å². The van der Waals surface area contributed by atoms with E-state index in [1.807, 2.05) is 0 Å². The number of ether oxygens (including phenoxy) is 1. The van der Waals surface area contributed by atoms with Crippen LogP contribution < -0.4 is 10.1 Å². The first-order valence-corrected chi connectivity index (χ1v) is 12.3. The summed E-state index contributed by atoms with van der Waals surface area (Å²) in [7, 11) is -3.10. The molecule has 1 aromatic carbocycles. The molecule has 1 amide bonds. The van der Waals surface area contributed by atoms with Gasteiger partial charge < -0.3 is 14.6 Å². The van der Waals surface area contributed by atoms with Crippen LogP contribution in [0.25, 0.3) is 0 Å². The molecule has 0 spiro atoms. The van der Waals surface area contributed by atoms with Gasteiger partial charge in [0.2, 0.25) is 5.91 Å². The zero-order chi connectivity index (χ0) is 23.5. The fourth-order valence-corrected chi connectivity index (χ4v) is 5.79. The smallest absolute Gasteiger partial charge is 0.406 e. The molecule has 1 fully saturated rings. The van der Waals surface area contributed by atoms with Crippen LogP contribution in [0.1, 0.15) is 25.1 Å². The molecule has 174 valence electrons. The first-order chi connectivity index (χ1) is 15.0. The summed E-state index contributed by atoms with van der Waals surface area (Å²) in [6.45, 7) is 5.71. The van der Waals surface area contributed by atoms with Crippen LogP contribution in [0.4, 0.5) is 18.9 Å². The number of halogens is 3. The van der Waals surface area contributed by atoms with Crippen LogP contribution in [0, 0.1) is 0 Å². The number of allylic oxidation sites excluding steroid dienone is 1. The number of benzene rings is 1. The molecule has 13 heteroatoms. The molecule has 0 radical (unpaired) electrons. The van der Waals surface area contributed by atoms with Crippen molar-refractivity contribution in [2.75, 3.05) is 16.8 Å². The lowest BCUT2D eigenvalue weighted by molar-refractivity contribution is -0.274. The Hall–Kier alpha value is -2.54. The van der Waals surface area contributed by atoms with Gasteiger partial charge >= 0.3 is 6.36 Å². The quantitative estimate of drug-likeness (QED) is 0.447. The number of sulfone groups is 1. The SMILES string of the molecule is C=CCn1c(SC(C)C(=O)Nc2ccc(OC(F)(F)F)cc2)nnc1C1CCS(=O)(=O)C1. The van der Waals surface area contributed by atoms with Crippen LogP contribution >= 0.6 is 11.8 Å². The Bertz CT molecular complexity index is 1080. The van der Waals surface area contributed by atoms with Crippen molar-refractivity contribution in [3.05, 3.63) is 42.7 Å². The van der Waals surface area contributed by atoms with Gasteiger partial charge in [-0.05, 0) is 37.6 Å². The van der Waals surface area contributed by atoms with Crippen molar-refractivity contribution in [3.8, 4) is 5.75 Å². The molecule has 1 aliphatic rings. The Morgan fingerprint density at radius 3 is 2.62 bits per heavy atom. The van der Waals surface area contributed by atoms with Gasteiger partial charge in [-0.2, -0.15) is 0 Å². The Labute approximate surface area is 187 Å². The third-order valence-electron chi connectivity index (χ3n) is 4.66. The molecule has 1 N–H and O–H groups in total. The lowest BCUT2D eigenvalue weighted by Crippen LogP contribution is -2.23. The Balaban J connectivity index is 1.66. The second kappa shape index (κ2) is 9.53. The number of anilines is 1. The second-order valence-corrected chi connectivity index (χ2v) is 10.7. The van der Waals surface area contributed by atoms with Gasteiger partial charge in [0.05, 0.1) is 16.8 Å². The summed E-state index contributed by atoms with van der Waals surface area (Å²) in [5, 5.41) is 10.7. The summed E-state index contributed by atoms with van der Waals surface area (Å²) in [5.74, 6) is -0.386. The van der Waals surface area contributed by atoms with Gasteiger partial charge in [0.1, 0.15) is 11.6 Å². The zero-order valence-electron chi connectivity index (χ0n) is 17.0. The molecule has 2 heterocycles. The number of hydrogen-bond donors (Lipinski definition) is 1. The summed E-state index contributed by atoms with van der Waals surface area (Å²) >= 11 is 1.13. The predicted molar refractivity (Wildman–Crippen MR) is 113 cm³/mol. The number of nitrogens with zero attached hydrogens (tertiary/aromatic N) is 3. The Morgan fingerprint density at radius 2 is 2.06 bits per heavy atom. The number of carbonyl (C=O) groups is 1. The zero-order valence-corrected chi connectivity index (χ0v) is 18.6. The van der Waals surface area contributed by atoms with Gasteiger partial charge in [0.25, 0.3) is 0 Å². The van der Waals surface area contributed by atoms with E-state index in [9.17, 15) is 26.4 Å². The van der Waals surface area contributed by atoms with Crippen molar-refractivity contribution < 1.29 is 31.1 Å². The normalized spacial score (nSPS) is 18.8. The van der Waals surface area contributed by atoms with Gasteiger partial charge in [-0.3, -0.25) is 4.79 Å². The third-order valence-corrected chi connectivity index (χ3v) is 7.51. The summed E-state index contributed by atoms with van der Waals surface area (Å²) < 4.78 is 65.9. The fourth-order valence-electron chi connectivity index (χ4n) is 3.18. The van der Waals surface area contributed by atoms with Crippen LogP contribution in [-0.2, 0) is 21.2 Å². The molecule has 1 saturated heterocycles. The average Bonchev–Trinajstić information content (AvgIpc) is 3.25. The van der Waals surface area contributed by atoms with Crippen LogP contribution in [0.15, 0.2) is 42.1 Å². The van der Waals surface area contributed by atoms with E-state index < -0.39 is 33.1 Å². The highest BCUT2D eigenvalue weighted by Gasteiger charge is 2.34. The lowest BCUT2D eigenvalue weighted by Gasteiger charge is -2.14. The van der Waals surface area contributed by atoms with Crippen LogP contribution in [-0.4, -0.2) is 52.2 Å². The summed E-state index contributed by atoms with van der Waals surface area (Å²) in [6, 6.07) is 4.80. The monoisotopic (exact) mass is 490 g/mol. The second-order valence-electron chi connectivity index (χ2n) is 7.16. The summed E-state index contributed by atoms with van der Waals surface area (Å²) in [5.41, 5.74) is 0.307. The maximum atomic E-state index is 12.5. The minimum atomic E-state index is -4.79. The maximum absolute atomic E-state index is 12.5. The standard InChI is InChI=1S/C19H21F3N4O4S2/c1-3-9-26-16(13-8-10-32(28,29)11-13)24-25-18(26)31-12(2)17(27)23-14-4-6-15(7-5-14)30-19(20,21)22/h3-7,12-13H,1,8-11H2,2H3,(H,23,27). The number of aromatic nitrogens is 3. The number of hydrogen-bond acceptors (Lipinski definition) is 7. The molecule has 3 rings (SSSR count). The molecule has 2 atom stereocenters. The lowest BCUT2D eigenvalue weighted by atomic mass is 10.1. The van der Waals surface area contributed by atoms with Gasteiger partial charge in [-0.25, -0.2) is 8.42 Å². The molecule has 2 unspecified atom stereocenters. The Kier molecular flexibility index (Phi) is 7.18. The van der Waals surface area contributed by atoms with Gasteiger partial charge in [0.15, 0.2) is 15.0 Å². The average molecular weight is 491 g/mol. The highest BCUT2D eigenvalue weighted by Crippen LogP contribution is 2.31. The molecular formula is C19H21F3N4O4S2. The molecule has 0 bridgehead atoms. The molecule has 1 aliphatic heterocycles. The number of alkyl halides is 3. The first-order valence-electron chi connectivity index (χ1n) is 9.55. The van der Waals surface area contributed by atoms with E-state index in [2.05, 4.69) is 26.8 Å². The van der Waals surface area contributed by atoms with Gasteiger partial charge in [0, 0.05) is 18.2 Å². The van der Waals surface area contributed by atoms with E-state index in [-0.39, 0.29) is 17.4 Å². The molecule has 2 aromatic rings. The van der Waals surface area contributed by atoms with Crippen molar-refractivity contribution in [1.29, 1.82) is 0 Å². The van der Waals surface area contributed by atoms with Crippen molar-refractivity contribution in [2.24, 2.45) is 0 Å². The summed E-state index contributed by atoms with van der Waals surface area (Å²) in [4.78, 5) is 12.5. The number of thioether (sulfide) groups is 1. The van der Waals surface area contributed by atoms with E-state index in [0.29, 0.717) is 29.6 Å². The minimum Gasteiger partial charge on any atom is -0.406 e. The predicted octanol–water partition coefficient (Wildman–Crippen LogP) is 3.38. The van der Waals surface area contributed by atoms with Gasteiger partial charge in [-0.1, -0.05) is 17.8 Å². The molecule has 1 aromatic heterocycles. The Morgan fingerprint density at radius 1 is 1.38 bits per heavy atom. The molecule has 8 nitrogen and oxygen atoms in total. The van der Waals surface area contributed by atoms with E-state index >= 15 is 0 Å². The highest BCUT2D eigenvalue weighted by molar-refractivity contribution is 8.00. The number of amides is 1. The first kappa shape index (κ1) is 24.1. The van der Waals surface area contributed by atoms with Crippen molar-refractivity contribution in [1.82, 2.24) is 14.8 Å². The molecule has 32 heavy (non-hydrogen) atoms. The van der Waals surface area contributed by atoms with Gasteiger partial charge in [-0.15, -0.1) is 29.9 Å². The van der Waals surface area contributed by atoms with Crippen LogP contribution in [0.3, 0.4) is 0 Å². The van der Waals surface area contributed by atoms with Crippen LogP contribution in [0.2, 0.25) is 0 Å². The minimum absolute atomic E-state index is 0.0109. The fraction of sp³-hybridized carbons (Fsp3) is 0.421. The highest BCUT2D eigenvalue weighted by atomic mass is 32.2. The number of carbonyl (C=O) groups excluding carboxylic acids is 1. The molecule has 0 aliphatic carbocycles. The van der Waals surface area contributed by atoms with Crippen LogP contribution in [0.5, 0.6) is 5.75 Å². The molecule has 0 saturated carbocycles. The number of rotatable bonds is 8. The topological polar surface area (TPSA) is 103 Å². The van der Waals surface area contributed by atoms with Crippen molar-refractivity contribution in [3.63, 3.8) is 0 Å². The third kappa shape index (κ3) is 6.25. The maximum Gasteiger partial charge on any atom is 0.573 e. The van der Waals surface area contributed by atoms with E-state index in [4.69, 9.17) is 0 Å². The van der Waals surface area contributed by atoms with E-state index in [1.54, 1.807) is 17.6 Å². The van der Waals surface area contributed by atoms with Crippen molar-refractivity contribution in [2.45, 2.75) is 42.6 Å². The largest absolute Gasteiger partial charge is 0.573 e. The number of nitrogens with one attached hydrogen (secondary N) is 1. The van der Waals surface area contributed by atoms with Crippen molar-refractivity contribution >= 4 is 33.2 Å². The van der Waals surface area contributed by atoms with E-state index in [1.165, 1.54) is 12.1 Å². The molecular weight excluding hydrogens is 469 g/mol.